The van der Waals surface area contributed by atoms with Gasteiger partial charge in [-0.2, -0.15) is 0 Å². The number of anilines is 1. The summed E-state index contributed by atoms with van der Waals surface area (Å²) in [6.07, 6.45) is -1.07. The molecule has 2 fully saturated rings. The van der Waals surface area contributed by atoms with Crippen molar-refractivity contribution in [1.29, 1.82) is 0 Å². The van der Waals surface area contributed by atoms with Crippen LogP contribution in [0.2, 0.25) is 0 Å². The molecule has 0 unspecified atom stereocenters. The van der Waals surface area contributed by atoms with Gasteiger partial charge in [-0.25, -0.2) is 17.5 Å². The molecule has 1 aliphatic carbocycles. The van der Waals surface area contributed by atoms with E-state index in [2.05, 4.69) is 0 Å². The molecule has 0 bridgehead atoms. The maximum atomic E-state index is 14.7. The molecule has 3 heterocycles. The van der Waals surface area contributed by atoms with Crippen LogP contribution in [0.3, 0.4) is 0 Å². The number of piperazine rings is 1. The predicted octanol–water partition coefficient (Wildman–Crippen LogP) is 4.10. The maximum absolute atomic E-state index is 14.7. The number of para-hydroxylation sites is 1. The summed E-state index contributed by atoms with van der Waals surface area (Å²) in [5, 5.41) is 0. The highest BCUT2D eigenvalue weighted by atomic mass is 32.2. The Hall–Kier alpha value is -4.64. The largest absolute Gasteiger partial charge is 0.509 e. The van der Waals surface area contributed by atoms with Crippen LogP contribution in [0.4, 0.5) is 10.5 Å². The highest BCUT2D eigenvalue weighted by Crippen LogP contribution is 2.63. The van der Waals surface area contributed by atoms with Crippen molar-refractivity contribution < 1.29 is 32.3 Å². The van der Waals surface area contributed by atoms with Crippen LogP contribution in [-0.2, 0) is 40.9 Å². The summed E-state index contributed by atoms with van der Waals surface area (Å²) in [7, 11) is -2.81. The van der Waals surface area contributed by atoms with Crippen LogP contribution < -0.4 is 4.31 Å². The molecule has 11 heteroatoms. The van der Waals surface area contributed by atoms with Crippen molar-refractivity contribution in [2.75, 3.05) is 17.9 Å². The molecule has 232 valence electrons. The van der Waals surface area contributed by atoms with Gasteiger partial charge < -0.3 is 19.3 Å². The summed E-state index contributed by atoms with van der Waals surface area (Å²) < 4.78 is 42.5. The Morgan fingerprint density at radius 1 is 0.933 bits per heavy atom. The Kier molecular flexibility index (Phi) is 6.42. The Balaban J connectivity index is 1.56. The van der Waals surface area contributed by atoms with E-state index in [1.165, 1.54) is 33.3 Å². The molecule has 10 nitrogen and oxygen atoms in total. The Labute approximate surface area is 261 Å². The maximum Gasteiger partial charge on any atom is 0.509 e. The van der Waals surface area contributed by atoms with Crippen LogP contribution in [0.15, 0.2) is 89.8 Å². The van der Waals surface area contributed by atoms with Gasteiger partial charge in [0.15, 0.2) is 12.1 Å². The molecule has 0 spiro atoms. The van der Waals surface area contributed by atoms with Crippen molar-refractivity contribution in [3.8, 4) is 0 Å². The SMILES string of the molecule is CN1CC(=O)N2[C@H](C1=O)[C@@H](OC(=O)OC(C)(C)C)[C@]1(C3=CCc4ccccc43)c3ccccc3N(S(=O)(=O)c3ccccc3)[C@H]21. The summed E-state index contributed by atoms with van der Waals surface area (Å²) in [6, 6.07) is 21.4. The fraction of sp³-hybridized carbons (Fsp3) is 0.324. The smallest absolute Gasteiger partial charge is 0.429 e. The van der Waals surface area contributed by atoms with Crippen LogP contribution in [0, 0.1) is 0 Å². The number of amides is 2. The third kappa shape index (κ3) is 4.13. The Bertz CT molecular complexity index is 1880. The summed E-state index contributed by atoms with van der Waals surface area (Å²) in [6.45, 7) is 4.84. The number of carbonyl (C=O) groups excluding carboxylic acids is 3. The van der Waals surface area contributed by atoms with Crippen molar-refractivity contribution in [3.63, 3.8) is 0 Å². The highest BCUT2D eigenvalue weighted by Gasteiger charge is 2.75. The van der Waals surface area contributed by atoms with Crippen LogP contribution >= 0.6 is 0 Å². The molecule has 0 radical (unpaired) electrons. The molecule has 0 saturated carbocycles. The van der Waals surface area contributed by atoms with Gasteiger partial charge in [-0.05, 0) is 67.7 Å². The summed E-state index contributed by atoms with van der Waals surface area (Å²) >= 11 is 0. The third-order valence-electron chi connectivity index (χ3n) is 9.00. The Morgan fingerprint density at radius 2 is 1.60 bits per heavy atom. The number of rotatable bonds is 4. The van der Waals surface area contributed by atoms with E-state index in [9.17, 15) is 22.8 Å². The fourth-order valence-electron chi connectivity index (χ4n) is 7.39. The number of sulfonamides is 1. The van der Waals surface area contributed by atoms with Crippen molar-refractivity contribution in [3.05, 3.63) is 102 Å². The molecular weight excluding hydrogens is 594 g/mol. The van der Waals surface area contributed by atoms with Gasteiger partial charge in [-0.3, -0.25) is 9.59 Å². The molecule has 4 atom stereocenters. The zero-order valence-corrected chi connectivity index (χ0v) is 26.2. The lowest BCUT2D eigenvalue weighted by Gasteiger charge is -2.41. The molecule has 2 saturated heterocycles. The minimum Gasteiger partial charge on any atom is -0.429 e. The van der Waals surface area contributed by atoms with E-state index in [0.717, 1.165) is 11.1 Å². The molecule has 45 heavy (non-hydrogen) atoms. The number of nitrogens with zero attached hydrogens (tertiary/aromatic N) is 3. The molecule has 4 aliphatic rings. The topological polar surface area (TPSA) is 114 Å². The minimum atomic E-state index is -4.32. The standard InChI is InChI=1S/C34H33N3O7S/c1-33(2,3)44-32(40)43-29-28-30(39)35(4)20-27(38)36(28)31-34(29,24-19-18-21-12-8-9-15-23(21)24)25-16-10-11-17-26(25)37(31)45(41,42)22-13-6-5-7-14-22/h5-17,19,28-29,31H,18,20H2,1-4H3/t28-,29+,31-,34-/m0/s1. The Morgan fingerprint density at radius 3 is 2.33 bits per heavy atom. The van der Waals surface area contributed by atoms with E-state index in [0.29, 0.717) is 23.2 Å². The predicted molar refractivity (Wildman–Crippen MR) is 166 cm³/mol. The monoisotopic (exact) mass is 627 g/mol. The fourth-order valence-corrected chi connectivity index (χ4v) is 9.07. The van der Waals surface area contributed by atoms with Crippen LogP contribution in [-0.4, -0.2) is 73.7 Å². The van der Waals surface area contributed by atoms with Crippen molar-refractivity contribution >= 4 is 39.3 Å². The molecule has 3 aromatic rings. The van der Waals surface area contributed by atoms with E-state index in [4.69, 9.17) is 9.47 Å². The lowest BCUT2D eigenvalue weighted by molar-refractivity contribution is -0.157. The van der Waals surface area contributed by atoms with E-state index in [-0.39, 0.29) is 11.4 Å². The normalized spacial score (nSPS) is 25.4. The number of carbonyl (C=O) groups is 3. The third-order valence-corrected chi connectivity index (χ3v) is 10.8. The van der Waals surface area contributed by atoms with Crippen molar-refractivity contribution in [2.24, 2.45) is 0 Å². The van der Waals surface area contributed by atoms with Gasteiger partial charge in [0.25, 0.3) is 10.0 Å². The summed E-state index contributed by atoms with van der Waals surface area (Å²) in [5.74, 6) is -0.918. The second-order valence-electron chi connectivity index (χ2n) is 12.8. The minimum absolute atomic E-state index is 0.0253. The number of fused-ring (bicyclic) bond motifs is 6. The number of ether oxygens (including phenoxy) is 2. The van der Waals surface area contributed by atoms with E-state index in [1.807, 2.05) is 30.3 Å². The highest BCUT2D eigenvalue weighted by molar-refractivity contribution is 7.93. The van der Waals surface area contributed by atoms with Crippen LogP contribution in [0.1, 0.15) is 37.5 Å². The van der Waals surface area contributed by atoms with Crippen LogP contribution in [0.5, 0.6) is 0 Å². The van der Waals surface area contributed by atoms with Crippen LogP contribution in [0.25, 0.3) is 5.57 Å². The molecule has 3 aliphatic heterocycles. The number of likely N-dealkylation sites (N-methyl/N-ethyl adjacent to an activating group) is 1. The summed E-state index contributed by atoms with van der Waals surface area (Å²) in [5.41, 5.74) is 0.993. The second-order valence-corrected chi connectivity index (χ2v) is 14.6. The quantitative estimate of drug-likeness (QED) is 0.400. The average Bonchev–Trinajstić information content (AvgIpc) is 3.63. The van der Waals surface area contributed by atoms with Gasteiger partial charge in [-0.15, -0.1) is 0 Å². The van der Waals surface area contributed by atoms with Crippen molar-refractivity contribution in [2.45, 2.75) is 61.4 Å². The number of hydrogen-bond acceptors (Lipinski definition) is 7. The number of allylic oxidation sites excluding steroid dienone is 1. The van der Waals surface area contributed by atoms with Crippen molar-refractivity contribution in [1.82, 2.24) is 9.80 Å². The first kappa shape index (κ1) is 29.1. The number of hydrogen-bond donors (Lipinski definition) is 0. The molecule has 3 aromatic carbocycles. The first-order valence-electron chi connectivity index (χ1n) is 14.8. The molecule has 0 aromatic heterocycles. The zero-order valence-electron chi connectivity index (χ0n) is 25.3. The second kappa shape index (κ2) is 9.93. The molecular formula is C34H33N3O7S. The molecule has 7 rings (SSSR count). The van der Waals surface area contributed by atoms with Gasteiger partial charge in [0.05, 0.1) is 17.1 Å². The lowest BCUT2D eigenvalue weighted by atomic mass is 9.68. The van der Waals surface area contributed by atoms with E-state index in [1.54, 1.807) is 63.2 Å². The first-order valence-corrected chi connectivity index (χ1v) is 16.2. The van der Waals surface area contributed by atoms with E-state index < -0.39 is 57.3 Å². The van der Waals surface area contributed by atoms with Gasteiger partial charge in [0, 0.05) is 7.05 Å². The average molecular weight is 628 g/mol. The van der Waals surface area contributed by atoms with Gasteiger partial charge >= 0.3 is 6.16 Å². The van der Waals surface area contributed by atoms with E-state index >= 15 is 0 Å². The first-order chi connectivity index (χ1) is 21.4. The molecule has 2 amide bonds. The molecule has 0 N–H and O–H groups in total. The van der Waals surface area contributed by atoms with Gasteiger partial charge in [-0.1, -0.05) is 66.7 Å². The summed E-state index contributed by atoms with van der Waals surface area (Å²) in [4.78, 5) is 44.4. The lowest BCUT2D eigenvalue weighted by Crippen LogP contribution is -2.63. The van der Waals surface area contributed by atoms with Gasteiger partial charge in [0.2, 0.25) is 11.8 Å². The zero-order chi connectivity index (χ0) is 31.9. The number of benzene rings is 3. The van der Waals surface area contributed by atoms with Gasteiger partial charge in [0.1, 0.15) is 17.2 Å².